The van der Waals surface area contributed by atoms with Gasteiger partial charge in [0.05, 0.1) is 11.1 Å². The lowest BCUT2D eigenvalue weighted by molar-refractivity contribution is 0.192. The SMILES string of the molecule is C=C(C)COc1c(Cl)cccc1C(C)O. The van der Waals surface area contributed by atoms with Crippen LogP contribution in [0.1, 0.15) is 25.5 Å². The van der Waals surface area contributed by atoms with E-state index in [0.717, 1.165) is 5.57 Å². The Morgan fingerprint density at radius 1 is 1.60 bits per heavy atom. The minimum Gasteiger partial charge on any atom is -0.487 e. The second-order valence-electron chi connectivity index (χ2n) is 3.58. The topological polar surface area (TPSA) is 29.5 Å². The summed E-state index contributed by atoms with van der Waals surface area (Å²) in [5, 5.41) is 10.0. The summed E-state index contributed by atoms with van der Waals surface area (Å²) in [6.07, 6.45) is -0.594. The number of hydrogen-bond acceptors (Lipinski definition) is 2. The third-order valence-electron chi connectivity index (χ3n) is 1.91. The molecule has 1 aromatic rings. The van der Waals surface area contributed by atoms with Crippen molar-refractivity contribution >= 4 is 11.6 Å². The highest BCUT2D eigenvalue weighted by Gasteiger charge is 2.12. The van der Waals surface area contributed by atoms with Crippen molar-refractivity contribution in [1.82, 2.24) is 0 Å². The fourth-order valence-corrected chi connectivity index (χ4v) is 1.44. The van der Waals surface area contributed by atoms with Gasteiger partial charge in [-0.05, 0) is 25.5 Å². The molecule has 1 N–H and O–H groups in total. The van der Waals surface area contributed by atoms with Gasteiger partial charge in [0, 0.05) is 5.56 Å². The minimum absolute atomic E-state index is 0.406. The number of para-hydroxylation sites is 1. The maximum Gasteiger partial charge on any atom is 0.144 e. The molecule has 1 rings (SSSR count). The Labute approximate surface area is 95.1 Å². The van der Waals surface area contributed by atoms with Gasteiger partial charge < -0.3 is 9.84 Å². The van der Waals surface area contributed by atoms with Gasteiger partial charge in [-0.3, -0.25) is 0 Å². The zero-order chi connectivity index (χ0) is 11.4. The molecule has 0 saturated heterocycles. The van der Waals surface area contributed by atoms with Crippen LogP contribution in [0.4, 0.5) is 0 Å². The number of benzene rings is 1. The first-order valence-corrected chi connectivity index (χ1v) is 5.14. The normalized spacial score (nSPS) is 12.3. The molecule has 0 saturated carbocycles. The number of halogens is 1. The summed E-state index contributed by atoms with van der Waals surface area (Å²) in [7, 11) is 0. The van der Waals surface area contributed by atoms with E-state index in [1.165, 1.54) is 0 Å². The predicted octanol–water partition coefficient (Wildman–Crippen LogP) is 3.35. The Balaban J connectivity index is 2.97. The zero-order valence-electron chi connectivity index (χ0n) is 8.96. The lowest BCUT2D eigenvalue weighted by Crippen LogP contribution is -2.03. The van der Waals surface area contributed by atoms with Gasteiger partial charge in [-0.2, -0.15) is 0 Å². The van der Waals surface area contributed by atoms with E-state index in [4.69, 9.17) is 16.3 Å². The first kappa shape index (κ1) is 12.1. The quantitative estimate of drug-likeness (QED) is 0.798. The van der Waals surface area contributed by atoms with Gasteiger partial charge >= 0.3 is 0 Å². The average Bonchev–Trinajstić information content (AvgIpc) is 2.15. The second kappa shape index (κ2) is 5.19. The Kier molecular flexibility index (Phi) is 4.18. The summed E-state index contributed by atoms with van der Waals surface area (Å²) in [5.41, 5.74) is 1.61. The standard InChI is InChI=1S/C12H15ClO2/c1-8(2)7-15-12-10(9(3)14)5-4-6-11(12)13/h4-6,9,14H,1,7H2,2-3H3. The summed E-state index contributed by atoms with van der Waals surface area (Å²) in [6, 6.07) is 5.32. The molecule has 0 aromatic heterocycles. The Morgan fingerprint density at radius 3 is 2.80 bits per heavy atom. The van der Waals surface area contributed by atoms with Crippen LogP contribution >= 0.6 is 11.6 Å². The summed E-state index contributed by atoms with van der Waals surface area (Å²) in [4.78, 5) is 0. The van der Waals surface area contributed by atoms with Crippen molar-refractivity contribution in [3.8, 4) is 5.75 Å². The molecule has 3 heteroatoms. The summed E-state index contributed by atoms with van der Waals surface area (Å²) in [6.45, 7) is 7.70. The lowest BCUT2D eigenvalue weighted by Gasteiger charge is -2.14. The smallest absolute Gasteiger partial charge is 0.144 e. The highest BCUT2D eigenvalue weighted by Crippen LogP contribution is 2.32. The van der Waals surface area contributed by atoms with Crippen LogP contribution in [0.2, 0.25) is 5.02 Å². The molecule has 0 aliphatic carbocycles. The molecule has 0 bridgehead atoms. The molecule has 0 fully saturated rings. The van der Waals surface area contributed by atoms with Crippen LogP contribution < -0.4 is 4.74 Å². The van der Waals surface area contributed by atoms with Crippen LogP contribution in [0.5, 0.6) is 5.75 Å². The molecular weight excluding hydrogens is 212 g/mol. The maximum atomic E-state index is 9.53. The van der Waals surface area contributed by atoms with Crippen molar-refractivity contribution in [3.63, 3.8) is 0 Å². The Hall–Kier alpha value is -0.990. The molecule has 0 radical (unpaired) electrons. The highest BCUT2D eigenvalue weighted by molar-refractivity contribution is 6.32. The van der Waals surface area contributed by atoms with Crippen LogP contribution in [0.15, 0.2) is 30.4 Å². The van der Waals surface area contributed by atoms with Gasteiger partial charge in [0.2, 0.25) is 0 Å². The third kappa shape index (κ3) is 3.26. The van der Waals surface area contributed by atoms with Gasteiger partial charge in [0.25, 0.3) is 0 Å². The minimum atomic E-state index is -0.594. The fourth-order valence-electron chi connectivity index (χ4n) is 1.20. The highest BCUT2D eigenvalue weighted by atomic mass is 35.5. The summed E-state index contributed by atoms with van der Waals surface area (Å²) < 4.78 is 5.50. The van der Waals surface area contributed by atoms with E-state index >= 15 is 0 Å². The van der Waals surface area contributed by atoms with Crippen molar-refractivity contribution in [2.24, 2.45) is 0 Å². The number of ether oxygens (including phenoxy) is 1. The van der Waals surface area contributed by atoms with Gasteiger partial charge in [0.1, 0.15) is 12.4 Å². The predicted molar refractivity (Wildman–Crippen MR) is 62.4 cm³/mol. The molecule has 0 amide bonds. The summed E-state index contributed by atoms with van der Waals surface area (Å²) in [5.74, 6) is 0.539. The number of aliphatic hydroxyl groups excluding tert-OH is 1. The molecule has 2 nitrogen and oxygen atoms in total. The maximum absolute atomic E-state index is 9.53. The van der Waals surface area contributed by atoms with E-state index in [1.54, 1.807) is 25.1 Å². The third-order valence-corrected chi connectivity index (χ3v) is 2.21. The Morgan fingerprint density at radius 2 is 2.27 bits per heavy atom. The number of hydrogen-bond donors (Lipinski definition) is 1. The van der Waals surface area contributed by atoms with E-state index < -0.39 is 6.10 Å². The van der Waals surface area contributed by atoms with E-state index in [0.29, 0.717) is 22.9 Å². The Bertz CT molecular complexity index is 359. The molecule has 15 heavy (non-hydrogen) atoms. The molecule has 0 spiro atoms. The molecule has 82 valence electrons. The van der Waals surface area contributed by atoms with E-state index in [9.17, 15) is 5.11 Å². The number of aliphatic hydroxyl groups is 1. The van der Waals surface area contributed by atoms with Crippen molar-refractivity contribution in [1.29, 1.82) is 0 Å². The van der Waals surface area contributed by atoms with Crippen molar-refractivity contribution in [3.05, 3.63) is 40.9 Å². The fraction of sp³-hybridized carbons (Fsp3) is 0.333. The number of rotatable bonds is 4. The van der Waals surface area contributed by atoms with Crippen LogP contribution in [0.25, 0.3) is 0 Å². The largest absolute Gasteiger partial charge is 0.487 e. The molecule has 1 aromatic carbocycles. The first-order valence-electron chi connectivity index (χ1n) is 4.76. The van der Waals surface area contributed by atoms with E-state index in [-0.39, 0.29) is 0 Å². The average molecular weight is 227 g/mol. The van der Waals surface area contributed by atoms with Gasteiger partial charge in [-0.15, -0.1) is 0 Å². The van der Waals surface area contributed by atoms with Crippen molar-refractivity contribution < 1.29 is 9.84 Å². The van der Waals surface area contributed by atoms with Gasteiger partial charge in [0.15, 0.2) is 0 Å². The van der Waals surface area contributed by atoms with Crippen LogP contribution in [0.3, 0.4) is 0 Å². The molecule has 1 unspecified atom stereocenters. The molecule has 0 aliphatic heterocycles. The first-order chi connectivity index (χ1) is 7.02. The van der Waals surface area contributed by atoms with E-state index in [1.807, 2.05) is 6.92 Å². The monoisotopic (exact) mass is 226 g/mol. The van der Waals surface area contributed by atoms with Crippen molar-refractivity contribution in [2.75, 3.05) is 6.61 Å². The summed E-state index contributed by atoms with van der Waals surface area (Å²) >= 11 is 5.99. The van der Waals surface area contributed by atoms with Crippen LogP contribution in [-0.4, -0.2) is 11.7 Å². The molecule has 0 heterocycles. The van der Waals surface area contributed by atoms with Gasteiger partial charge in [-0.25, -0.2) is 0 Å². The van der Waals surface area contributed by atoms with Crippen molar-refractivity contribution in [2.45, 2.75) is 20.0 Å². The van der Waals surface area contributed by atoms with Crippen LogP contribution in [-0.2, 0) is 0 Å². The van der Waals surface area contributed by atoms with Gasteiger partial charge in [-0.1, -0.05) is 30.3 Å². The van der Waals surface area contributed by atoms with Crippen LogP contribution in [0, 0.1) is 0 Å². The molecular formula is C12H15ClO2. The zero-order valence-corrected chi connectivity index (χ0v) is 9.71. The van der Waals surface area contributed by atoms with E-state index in [2.05, 4.69) is 6.58 Å². The lowest BCUT2D eigenvalue weighted by atomic mass is 10.1. The molecule has 0 aliphatic rings. The molecule has 1 atom stereocenters. The second-order valence-corrected chi connectivity index (χ2v) is 3.99.